The van der Waals surface area contributed by atoms with E-state index in [0.717, 1.165) is 5.56 Å². The number of ether oxygens (including phenoxy) is 2. The Hall–Kier alpha value is -3.24. The summed E-state index contributed by atoms with van der Waals surface area (Å²) in [6.45, 7) is 3.90. The van der Waals surface area contributed by atoms with E-state index in [2.05, 4.69) is 4.99 Å². The minimum atomic E-state index is -1.47. The number of esters is 1. The third-order valence-electron chi connectivity index (χ3n) is 5.75. The highest BCUT2D eigenvalue weighted by atomic mass is 32.2. The van der Waals surface area contributed by atoms with Crippen molar-refractivity contribution in [2.75, 3.05) is 7.11 Å². The Morgan fingerprint density at radius 2 is 1.88 bits per heavy atom. The summed E-state index contributed by atoms with van der Waals surface area (Å²) in [5, 5.41) is 10.3. The SMILES string of the molecule is CO[C@@]1(N=Cc2ccc([N+](=O)[O-])cc2)C(=O)N2[C@@H](C(=O)OCc3ccccc3)C(C)(C)S[C@@H]21. The lowest BCUT2D eigenvalue weighted by Gasteiger charge is -2.49. The van der Waals surface area contributed by atoms with E-state index in [1.165, 1.54) is 42.1 Å². The maximum absolute atomic E-state index is 13.2. The first-order chi connectivity index (χ1) is 15.7. The van der Waals surface area contributed by atoms with Crippen molar-refractivity contribution in [3.05, 3.63) is 75.8 Å². The van der Waals surface area contributed by atoms with Crippen molar-refractivity contribution in [1.82, 2.24) is 4.90 Å². The van der Waals surface area contributed by atoms with Crippen LogP contribution in [0.3, 0.4) is 0 Å². The van der Waals surface area contributed by atoms with E-state index in [1.807, 2.05) is 44.2 Å². The molecule has 2 fully saturated rings. The molecular weight excluding hydrogens is 446 g/mol. The van der Waals surface area contributed by atoms with Crippen LogP contribution in [0.1, 0.15) is 25.0 Å². The number of aliphatic imine (C=N–C) groups is 1. The van der Waals surface area contributed by atoms with Crippen LogP contribution in [0.25, 0.3) is 0 Å². The molecule has 2 aliphatic rings. The summed E-state index contributed by atoms with van der Waals surface area (Å²) in [5.41, 5.74) is -0.0634. The highest BCUT2D eigenvalue weighted by Crippen LogP contribution is 2.56. The number of rotatable bonds is 7. The number of hydrogen-bond acceptors (Lipinski definition) is 8. The molecule has 0 radical (unpaired) electrons. The van der Waals surface area contributed by atoms with Crippen LogP contribution in [-0.2, 0) is 25.7 Å². The number of benzene rings is 2. The molecule has 2 saturated heterocycles. The topological polar surface area (TPSA) is 111 Å². The van der Waals surface area contributed by atoms with Crippen LogP contribution in [0.2, 0.25) is 0 Å². The minimum Gasteiger partial charge on any atom is -0.459 e. The lowest BCUT2D eigenvalue weighted by molar-refractivity contribution is -0.384. The largest absolute Gasteiger partial charge is 0.459 e. The van der Waals surface area contributed by atoms with Crippen LogP contribution in [0.15, 0.2) is 59.6 Å². The fourth-order valence-electron chi connectivity index (χ4n) is 4.01. The molecule has 0 aliphatic carbocycles. The smallest absolute Gasteiger partial charge is 0.330 e. The number of methoxy groups -OCH3 is 1. The van der Waals surface area contributed by atoms with Crippen LogP contribution in [0, 0.1) is 10.1 Å². The molecule has 2 aromatic carbocycles. The van der Waals surface area contributed by atoms with Crippen LogP contribution < -0.4 is 0 Å². The Morgan fingerprint density at radius 1 is 1.21 bits per heavy atom. The zero-order chi connectivity index (χ0) is 23.8. The van der Waals surface area contributed by atoms with Crippen molar-refractivity contribution in [3.8, 4) is 0 Å². The molecule has 33 heavy (non-hydrogen) atoms. The van der Waals surface area contributed by atoms with Gasteiger partial charge in [0.2, 0.25) is 0 Å². The lowest BCUT2D eigenvalue weighted by atomic mass is 9.93. The number of β-lactam (4-membered cyclic amide) rings is 1. The van der Waals surface area contributed by atoms with E-state index in [0.29, 0.717) is 5.56 Å². The Morgan fingerprint density at radius 3 is 2.48 bits per heavy atom. The first-order valence-corrected chi connectivity index (χ1v) is 11.1. The van der Waals surface area contributed by atoms with Gasteiger partial charge in [-0.3, -0.25) is 14.9 Å². The van der Waals surface area contributed by atoms with Gasteiger partial charge in [0.1, 0.15) is 18.0 Å². The summed E-state index contributed by atoms with van der Waals surface area (Å²) in [7, 11) is 1.40. The van der Waals surface area contributed by atoms with E-state index in [1.54, 1.807) is 12.1 Å². The van der Waals surface area contributed by atoms with Gasteiger partial charge in [-0.1, -0.05) is 30.3 Å². The molecule has 2 aromatic rings. The van der Waals surface area contributed by atoms with Crippen molar-refractivity contribution in [2.45, 2.75) is 42.3 Å². The molecular formula is C23H23N3O6S. The van der Waals surface area contributed by atoms with Gasteiger partial charge in [0, 0.05) is 30.2 Å². The number of carbonyl (C=O) groups excluding carboxylic acids is 2. The Labute approximate surface area is 194 Å². The number of nitrogens with zero attached hydrogens (tertiary/aromatic N) is 3. The zero-order valence-corrected chi connectivity index (χ0v) is 19.2. The number of carbonyl (C=O) groups is 2. The van der Waals surface area contributed by atoms with E-state index in [4.69, 9.17) is 9.47 Å². The maximum Gasteiger partial charge on any atom is 0.330 e. The van der Waals surface area contributed by atoms with E-state index in [9.17, 15) is 19.7 Å². The predicted molar refractivity (Wildman–Crippen MR) is 123 cm³/mol. The molecule has 4 rings (SSSR count). The van der Waals surface area contributed by atoms with Gasteiger partial charge in [0.05, 0.1) is 4.92 Å². The van der Waals surface area contributed by atoms with E-state index < -0.39 is 38.7 Å². The zero-order valence-electron chi connectivity index (χ0n) is 18.3. The van der Waals surface area contributed by atoms with Crippen molar-refractivity contribution in [3.63, 3.8) is 0 Å². The first kappa shape index (κ1) is 22.9. The van der Waals surface area contributed by atoms with Gasteiger partial charge in [-0.05, 0) is 37.1 Å². The van der Waals surface area contributed by atoms with Crippen molar-refractivity contribution >= 4 is 35.5 Å². The average Bonchev–Trinajstić information content (AvgIpc) is 3.07. The van der Waals surface area contributed by atoms with E-state index >= 15 is 0 Å². The second kappa shape index (κ2) is 8.60. The van der Waals surface area contributed by atoms with Crippen molar-refractivity contribution in [2.24, 2.45) is 4.99 Å². The molecule has 0 aromatic heterocycles. The fraction of sp³-hybridized carbons (Fsp3) is 0.348. The Kier molecular flexibility index (Phi) is 5.98. The quantitative estimate of drug-likeness (QED) is 0.201. The first-order valence-electron chi connectivity index (χ1n) is 10.3. The summed E-state index contributed by atoms with van der Waals surface area (Å²) in [6, 6.07) is 14.4. The van der Waals surface area contributed by atoms with Gasteiger partial charge in [-0.2, -0.15) is 0 Å². The molecule has 2 aliphatic heterocycles. The fourth-order valence-corrected chi connectivity index (χ4v) is 5.68. The lowest BCUT2D eigenvalue weighted by Crippen LogP contribution is -2.73. The summed E-state index contributed by atoms with van der Waals surface area (Å²) in [4.78, 5) is 42.4. The number of amides is 1. The summed E-state index contributed by atoms with van der Waals surface area (Å²) in [5.74, 6) is -0.899. The summed E-state index contributed by atoms with van der Waals surface area (Å²) in [6.07, 6.45) is 1.46. The standard InChI is InChI=1S/C23H23N3O6S/c1-22(2)18(19(27)32-14-16-7-5-4-6-8-16)25-20(28)23(31-3,21(25)33-22)24-13-15-9-11-17(12-10-15)26(29)30/h4-13,18,21H,14H2,1-3H3/t18-,21+,23-/m0/s1. The van der Waals surface area contributed by atoms with Gasteiger partial charge in [-0.15, -0.1) is 11.8 Å². The molecule has 9 nitrogen and oxygen atoms in total. The average molecular weight is 470 g/mol. The number of hydrogen-bond donors (Lipinski definition) is 0. The summed E-state index contributed by atoms with van der Waals surface area (Å²) >= 11 is 1.43. The highest BCUT2D eigenvalue weighted by molar-refractivity contribution is 8.01. The van der Waals surface area contributed by atoms with Crippen LogP contribution in [0.5, 0.6) is 0 Å². The molecule has 172 valence electrons. The highest BCUT2D eigenvalue weighted by Gasteiger charge is 2.72. The van der Waals surface area contributed by atoms with Gasteiger partial charge in [0.25, 0.3) is 17.3 Å². The van der Waals surface area contributed by atoms with Crippen LogP contribution in [0.4, 0.5) is 5.69 Å². The molecule has 3 atom stereocenters. The summed E-state index contributed by atoms with van der Waals surface area (Å²) < 4.78 is 10.5. The number of thioether (sulfide) groups is 1. The Bertz CT molecular complexity index is 1100. The second-order valence-corrected chi connectivity index (χ2v) is 10.0. The molecule has 10 heteroatoms. The maximum atomic E-state index is 13.2. The minimum absolute atomic E-state index is 0.0375. The van der Waals surface area contributed by atoms with Gasteiger partial charge < -0.3 is 14.4 Å². The molecule has 0 N–H and O–H groups in total. The molecule has 0 spiro atoms. The van der Waals surface area contributed by atoms with Crippen LogP contribution in [-0.4, -0.2) is 56.9 Å². The monoisotopic (exact) mass is 469 g/mol. The van der Waals surface area contributed by atoms with Crippen molar-refractivity contribution in [1.29, 1.82) is 0 Å². The van der Waals surface area contributed by atoms with Gasteiger partial charge in [-0.25, -0.2) is 9.79 Å². The molecule has 0 bridgehead atoms. The normalized spacial score (nSPS) is 25.5. The van der Waals surface area contributed by atoms with Gasteiger partial charge >= 0.3 is 5.97 Å². The predicted octanol–water partition coefficient (Wildman–Crippen LogP) is 3.16. The number of non-ortho nitro benzene ring substituents is 1. The van der Waals surface area contributed by atoms with Crippen LogP contribution >= 0.6 is 11.8 Å². The van der Waals surface area contributed by atoms with Crippen molar-refractivity contribution < 1.29 is 24.0 Å². The number of nitro benzene ring substituents is 1. The molecule has 0 unspecified atom stereocenters. The number of nitro groups is 1. The molecule has 0 saturated carbocycles. The third-order valence-corrected chi connectivity index (χ3v) is 7.35. The second-order valence-electron chi connectivity index (χ2n) is 8.29. The third kappa shape index (κ3) is 4.00. The number of fused-ring (bicyclic) bond motifs is 1. The molecule has 1 amide bonds. The van der Waals surface area contributed by atoms with Gasteiger partial charge in [0.15, 0.2) is 0 Å². The van der Waals surface area contributed by atoms with E-state index in [-0.39, 0.29) is 12.3 Å². The Balaban J connectivity index is 1.52. The molecule has 2 heterocycles.